The van der Waals surface area contributed by atoms with Gasteiger partial charge in [0, 0.05) is 56.7 Å². The molecular formula is C24H24N6O2. The number of piperazine rings is 1. The van der Waals surface area contributed by atoms with Gasteiger partial charge in [-0.3, -0.25) is 9.78 Å². The molecule has 3 aromatic heterocycles. The molecule has 32 heavy (non-hydrogen) atoms. The Hall–Kier alpha value is -3.94. The Morgan fingerprint density at radius 1 is 0.969 bits per heavy atom. The summed E-state index contributed by atoms with van der Waals surface area (Å²) in [6.45, 7) is 3.85. The number of hydrogen-bond acceptors (Lipinski definition) is 7. The lowest BCUT2D eigenvalue weighted by atomic mass is 10.2. The zero-order valence-electron chi connectivity index (χ0n) is 17.9. The third kappa shape index (κ3) is 3.99. The second-order valence-corrected chi connectivity index (χ2v) is 7.75. The fourth-order valence-electron chi connectivity index (χ4n) is 3.98. The molecule has 1 aromatic carbocycles. The second-order valence-electron chi connectivity index (χ2n) is 7.75. The van der Waals surface area contributed by atoms with Gasteiger partial charge in [0.2, 0.25) is 5.95 Å². The summed E-state index contributed by atoms with van der Waals surface area (Å²) in [6, 6.07) is 13.8. The van der Waals surface area contributed by atoms with Crippen LogP contribution < -0.4 is 20.1 Å². The van der Waals surface area contributed by atoms with Gasteiger partial charge in [0.1, 0.15) is 5.75 Å². The van der Waals surface area contributed by atoms with E-state index in [9.17, 15) is 4.79 Å². The molecule has 5 rings (SSSR count). The first-order chi connectivity index (χ1) is 15.7. The van der Waals surface area contributed by atoms with Crippen LogP contribution in [0.2, 0.25) is 0 Å². The van der Waals surface area contributed by atoms with Gasteiger partial charge in [-0.2, -0.15) is 0 Å². The summed E-state index contributed by atoms with van der Waals surface area (Å²) in [5, 5.41) is 0.525. The summed E-state index contributed by atoms with van der Waals surface area (Å²) in [4.78, 5) is 30.7. The Morgan fingerprint density at radius 3 is 2.47 bits per heavy atom. The summed E-state index contributed by atoms with van der Waals surface area (Å²) in [5.74, 6) is 1.52. The number of methoxy groups -OCH3 is 1. The largest absolute Gasteiger partial charge is 0.497 e. The van der Waals surface area contributed by atoms with Crippen LogP contribution in [0, 0.1) is 0 Å². The van der Waals surface area contributed by atoms with Crippen molar-refractivity contribution < 1.29 is 4.74 Å². The highest BCUT2D eigenvalue weighted by Crippen LogP contribution is 2.22. The quantitative estimate of drug-likeness (QED) is 0.484. The molecule has 0 aliphatic carbocycles. The maximum Gasteiger partial charge on any atom is 0.261 e. The summed E-state index contributed by atoms with van der Waals surface area (Å²) in [7, 11) is 1.67. The van der Waals surface area contributed by atoms with Gasteiger partial charge in [-0.15, -0.1) is 0 Å². The number of fused-ring (bicyclic) bond motifs is 1. The Bertz CT molecular complexity index is 1270. The lowest BCUT2D eigenvalue weighted by Crippen LogP contribution is -2.47. The van der Waals surface area contributed by atoms with Gasteiger partial charge in [0.15, 0.2) is 0 Å². The molecule has 0 unspecified atom stereocenters. The van der Waals surface area contributed by atoms with Crippen molar-refractivity contribution in [1.82, 2.24) is 19.5 Å². The number of benzene rings is 1. The van der Waals surface area contributed by atoms with Crippen molar-refractivity contribution in [2.24, 2.45) is 0 Å². The molecule has 1 fully saturated rings. The van der Waals surface area contributed by atoms with Crippen molar-refractivity contribution in [2.75, 3.05) is 43.1 Å². The van der Waals surface area contributed by atoms with E-state index in [2.05, 4.69) is 36.9 Å². The molecule has 0 spiro atoms. The number of ether oxygens (including phenoxy) is 1. The van der Waals surface area contributed by atoms with Gasteiger partial charge in [-0.25, -0.2) is 9.97 Å². The molecule has 1 aliphatic heterocycles. The van der Waals surface area contributed by atoms with Crippen LogP contribution in [0.4, 0.5) is 11.6 Å². The number of anilines is 2. The molecule has 8 heteroatoms. The molecule has 0 amide bonds. The summed E-state index contributed by atoms with van der Waals surface area (Å²) in [5.41, 5.74) is 2.72. The molecule has 4 aromatic rings. The van der Waals surface area contributed by atoms with E-state index in [0.29, 0.717) is 23.4 Å². The molecular weight excluding hydrogens is 404 g/mol. The van der Waals surface area contributed by atoms with Gasteiger partial charge >= 0.3 is 0 Å². The van der Waals surface area contributed by atoms with Crippen LogP contribution in [0.15, 0.2) is 72.0 Å². The fourth-order valence-corrected chi connectivity index (χ4v) is 3.98. The number of aromatic nitrogens is 4. The highest BCUT2D eigenvalue weighted by molar-refractivity contribution is 5.77. The van der Waals surface area contributed by atoms with E-state index in [0.717, 1.165) is 37.5 Å². The Labute approximate surface area is 185 Å². The smallest absolute Gasteiger partial charge is 0.261 e. The fraction of sp³-hybridized carbons (Fsp3) is 0.250. The standard InChI is InChI=1S/C24H24N6O2/c1-32-20-6-4-19(5-7-20)28-11-13-29(14-12-28)24-26-16-21-22(27-24)8-10-30(23(21)31)17-18-3-2-9-25-15-18/h2-10,15-16H,11-14,17H2,1H3. The van der Waals surface area contributed by atoms with Crippen LogP contribution in [0.25, 0.3) is 10.9 Å². The van der Waals surface area contributed by atoms with Gasteiger partial charge < -0.3 is 19.1 Å². The molecule has 0 N–H and O–H groups in total. The minimum Gasteiger partial charge on any atom is -0.497 e. The molecule has 162 valence electrons. The lowest BCUT2D eigenvalue weighted by molar-refractivity contribution is 0.415. The lowest BCUT2D eigenvalue weighted by Gasteiger charge is -2.36. The molecule has 0 saturated carbocycles. The van der Waals surface area contributed by atoms with E-state index in [1.165, 1.54) is 5.69 Å². The van der Waals surface area contributed by atoms with E-state index in [4.69, 9.17) is 4.74 Å². The van der Waals surface area contributed by atoms with Crippen LogP contribution in [-0.2, 0) is 6.54 Å². The van der Waals surface area contributed by atoms with Crippen molar-refractivity contribution >= 4 is 22.5 Å². The zero-order chi connectivity index (χ0) is 21.9. The first kappa shape index (κ1) is 20.0. The zero-order valence-corrected chi connectivity index (χ0v) is 17.9. The number of hydrogen-bond donors (Lipinski definition) is 0. The molecule has 0 atom stereocenters. The predicted molar refractivity (Wildman–Crippen MR) is 125 cm³/mol. The van der Waals surface area contributed by atoms with Crippen molar-refractivity contribution in [1.29, 1.82) is 0 Å². The first-order valence-electron chi connectivity index (χ1n) is 10.6. The highest BCUT2D eigenvalue weighted by atomic mass is 16.5. The van der Waals surface area contributed by atoms with E-state index in [-0.39, 0.29) is 5.56 Å². The highest BCUT2D eigenvalue weighted by Gasteiger charge is 2.20. The third-order valence-corrected chi connectivity index (χ3v) is 5.78. The van der Waals surface area contributed by atoms with Crippen molar-refractivity contribution in [3.63, 3.8) is 0 Å². The molecule has 1 aliphatic rings. The van der Waals surface area contributed by atoms with E-state index < -0.39 is 0 Å². The summed E-state index contributed by atoms with van der Waals surface area (Å²) in [6.07, 6.45) is 6.92. The average molecular weight is 428 g/mol. The molecule has 1 saturated heterocycles. The van der Waals surface area contributed by atoms with Crippen LogP contribution in [-0.4, -0.2) is 52.8 Å². The van der Waals surface area contributed by atoms with Gasteiger partial charge in [-0.1, -0.05) is 6.07 Å². The maximum atomic E-state index is 12.9. The summed E-state index contributed by atoms with van der Waals surface area (Å²) >= 11 is 0. The number of pyridine rings is 2. The van der Waals surface area contributed by atoms with E-state index in [1.807, 2.05) is 30.3 Å². The average Bonchev–Trinajstić information content (AvgIpc) is 2.86. The minimum absolute atomic E-state index is 0.0952. The maximum absolute atomic E-state index is 12.9. The van der Waals surface area contributed by atoms with E-state index >= 15 is 0 Å². The Morgan fingerprint density at radius 2 is 1.75 bits per heavy atom. The van der Waals surface area contributed by atoms with E-state index in [1.54, 1.807) is 36.5 Å². The first-order valence-corrected chi connectivity index (χ1v) is 10.6. The molecule has 0 radical (unpaired) electrons. The van der Waals surface area contributed by atoms with Gasteiger partial charge in [0.25, 0.3) is 5.56 Å². The number of rotatable bonds is 5. The Balaban J connectivity index is 1.31. The van der Waals surface area contributed by atoms with Crippen LogP contribution in [0.3, 0.4) is 0 Å². The van der Waals surface area contributed by atoms with Crippen molar-refractivity contribution in [3.05, 3.63) is 83.2 Å². The molecule has 4 heterocycles. The number of nitrogens with zero attached hydrogens (tertiary/aromatic N) is 6. The third-order valence-electron chi connectivity index (χ3n) is 5.78. The van der Waals surface area contributed by atoms with Crippen molar-refractivity contribution in [3.8, 4) is 5.75 Å². The Kier molecular flexibility index (Phi) is 5.41. The SMILES string of the molecule is COc1ccc(N2CCN(c3ncc4c(=O)n(Cc5cccnc5)ccc4n3)CC2)cc1. The molecule has 0 bridgehead atoms. The van der Waals surface area contributed by atoms with Crippen LogP contribution >= 0.6 is 0 Å². The van der Waals surface area contributed by atoms with Gasteiger partial charge in [0.05, 0.1) is 24.6 Å². The second kappa shape index (κ2) is 8.66. The topological polar surface area (TPSA) is 76.4 Å². The monoisotopic (exact) mass is 428 g/mol. The van der Waals surface area contributed by atoms with Crippen molar-refractivity contribution in [2.45, 2.75) is 6.54 Å². The normalized spacial score (nSPS) is 14.0. The van der Waals surface area contributed by atoms with Crippen LogP contribution in [0.1, 0.15) is 5.56 Å². The van der Waals surface area contributed by atoms with Gasteiger partial charge in [-0.05, 0) is 42.0 Å². The molecule has 8 nitrogen and oxygen atoms in total. The van der Waals surface area contributed by atoms with Crippen LogP contribution in [0.5, 0.6) is 5.75 Å². The predicted octanol–water partition coefficient (Wildman–Crippen LogP) is 2.57. The minimum atomic E-state index is -0.0952. The summed E-state index contributed by atoms with van der Waals surface area (Å²) < 4.78 is 6.90.